The van der Waals surface area contributed by atoms with E-state index in [0.29, 0.717) is 0 Å². The van der Waals surface area contributed by atoms with Gasteiger partial charge in [-0.05, 0) is 102 Å². The first-order chi connectivity index (χ1) is 28.3. The van der Waals surface area contributed by atoms with Crippen molar-refractivity contribution in [2.24, 2.45) is 0 Å². The Morgan fingerprint density at radius 1 is 0.404 bits per heavy atom. The molecule has 0 fully saturated rings. The van der Waals surface area contributed by atoms with Crippen LogP contribution in [0, 0.1) is 0 Å². The molecule has 0 saturated heterocycles. The first-order valence-electron chi connectivity index (χ1n) is 19.3. The Morgan fingerprint density at radius 3 is 1.81 bits per heavy atom. The molecule has 0 aliphatic carbocycles. The molecule has 3 aliphatic rings. The summed E-state index contributed by atoms with van der Waals surface area (Å²) in [5.74, 6) is 0. The maximum Gasteiger partial charge on any atom is 0.264 e. The van der Waals surface area contributed by atoms with Crippen LogP contribution in [0.3, 0.4) is 0 Å². The highest BCUT2D eigenvalue weighted by Gasteiger charge is 2.46. The number of hydrogen-bond donors (Lipinski definition) is 0. The number of anilines is 9. The highest BCUT2D eigenvalue weighted by molar-refractivity contribution is 7.99. The summed E-state index contributed by atoms with van der Waals surface area (Å²) in [6.07, 6.45) is 0. The molecule has 3 aliphatic heterocycles. The lowest BCUT2D eigenvalue weighted by molar-refractivity contribution is 1.19. The number of benzene rings is 8. The van der Waals surface area contributed by atoms with Crippen LogP contribution in [-0.2, 0) is 0 Å². The monoisotopic (exact) mass is 779 g/mol. The van der Waals surface area contributed by atoms with Crippen LogP contribution < -0.4 is 30.4 Å². The predicted octanol–water partition coefficient (Wildman–Crippen LogP) is 13.3. The minimum Gasteiger partial charge on any atom is -0.310 e. The fourth-order valence-corrected chi connectivity index (χ4v) is 13.2. The van der Waals surface area contributed by atoms with Gasteiger partial charge in [0, 0.05) is 79.0 Å². The van der Waals surface area contributed by atoms with Crippen molar-refractivity contribution in [1.29, 1.82) is 0 Å². The van der Waals surface area contributed by atoms with Crippen LogP contribution in [0.4, 0.5) is 51.2 Å². The Bertz CT molecular complexity index is 3270. The third kappa shape index (κ3) is 4.50. The lowest BCUT2D eigenvalue weighted by Crippen LogP contribution is -2.60. The highest BCUT2D eigenvalue weighted by atomic mass is 32.2. The van der Waals surface area contributed by atoms with Crippen LogP contribution >= 0.6 is 34.4 Å². The fourth-order valence-electron chi connectivity index (χ4n) is 9.49. The van der Waals surface area contributed by atoms with Gasteiger partial charge in [-0.1, -0.05) is 103 Å². The maximum atomic E-state index is 2.56. The standard InChI is InChI=1S/C50H30BN3S3/c1-3-14-31(15-4-1)52-33-26-28-36-41(30-33)54(38-20-9-12-25-44(38)56-43-24-11-8-19-37(43)52)40-22-13-21-39-47(40)51(36)50-48(53(39)32-16-5-2-6-17-32)35-27-29-45-46(49(35)57-50)34-18-7-10-23-42(34)55-45/h1-30H. The van der Waals surface area contributed by atoms with E-state index in [9.17, 15) is 0 Å². The molecule has 13 rings (SSSR count). The Labute approximate surface area is 342 Å². The molecule has 10 aromatic rings. The van der Waals surface area contributed by atoms with Crippen molar-refractivity contribution in [3.63, 3.8) is 0 Å². The van der Waals surface area contributed by atoms with Crippen LogP contribution in [0.2, 0.25) is 0 Å². The molecule has 0 atom stereocenters. The molecule has 2 bridgehead atoms. The maximum absolute atomic E-state index is 2.56. The second-order valence-electron chi connectivity index (χ2n) is 14.8. The Morgan fingerprint density at radius 2 is 1.04 bits per heavy atom. The molecular weight excluding hydrogens is 750 g/mol. The van der Waals surface area contributed by atoms with Crippen molar-refractivity contribution < 1.29 is 0 Å². The molecule has 57 heavy (non-hydrogen) atoms. The number of nitrogens with zero attached hydrogens (tertiary/aromatic N) is 3. The van der Waals surface area contributed by atoms with E-state index in [1.807, 2.05) is 34.4 Å². The van der Waals surface area contributed by atoms with E-state index >= 15 is 0 Å². The molecule has 2 aromatic heterocycles. The second kappa shape index (κ2) is 12.1. The van der Waals surface area contributed by atoms with Gasteiger partial charge < -0.3 is 14.7 Å². The van der Waals surface area contributed by atoms with Gasteiger partial charge in [-0.3, -0.25) is 0 Å². The van der Waals surface area contributed by atoms with Crippen molar-refractivity contribution in [3.8, 4) is 0 Å². The van der Waals surface area contributed by atoms with Crippen molar-refractivity contribution in [1.82, 2.24) is 0 Å². The van der Waals surface area contributed by atoms with E-state index in [2.05, 4.69) is 197 Å². The molecule has 3 nitrogen and oxygen atoms in total. The molecule has 0 amide bonds. The summed E-state index contributed by atoms with van der Waals surface area (Å²) < 4.78 is 5.45. The Balaban J connectivity index is 1.16. The summed E-state index contributed by atoms with van der Waals surface area (Å²) in [5, 5.41) is 4.04. The third-order valence-electron chi connectivity index (χ3n) is 11.8. The molecule has 8 aromatic carbocycles. The summed E-state index contributed by atoms with van der Waals surface area (Å²) in [6, 6.07) is 67.4. The van der Waals surface area contributed by atoms with Gasteiger partial charge in [0.05, 0.1) is 17.1 Å². The van der Waals surface area contributed by atoms with Crippen molar-refractivity contribution in [3.05, 3.63) is 182 Å². The molecule has 0 unspecified atom stereocenters. The minimum atomic E-state index is 0.0454. The zero-order chi connectivity index (χ0) is 37.2. The average Bonchev–Trinajstić information content (AvgIpc) is 3.84. The summed E-state index contributed by atoms with van der Waals surface area (Å²) >= 11 is 5.74. The number of para-hydroxylation sites is 4. The number of thiophene rings is 2. The molecule has 266 valence electrons. The first kappa shape index (κ1) is 31.9. The normalized spacial score (nSPS) is 13.8. The number of rotatable bonds is 2. The van der Waals surface area contributed by atoms with Crippen molar-refractivity contribution >= 4 is 138 Å². The minimum absolute atomic E-state index is 0.0454. The smallest absolute Gasteiger partial charge is 0.264 e. The van der Waals surface area contributed by atoms with Gasteiger partial charge in [-0.25, -0.2) is 0 Å². The quantitative estimate of drug-likeness (QED) is 0.162. The first-order valence-corrected chi connectivity index (χ1v) is 21.7. The molecule has 0 saturated carbocycles. The van der Waals surface area contributed by atoms with E-state index in [-0.39, 0.29) is 6.71 Å². The van der Waals surface area contributed by atoms with Crippen LogP contribution in [0.5, 0.6) is 0 Å². The van der Waals surface area contributed by atoms with Crippen molar-refractivity contribution in [2.45, 2.75) is 9.79 Å². The second-order valence-corrected chi connectivity index (χ2v) is 18.0. The molecular formula is C50H30BN3S3. The van der Waals surface area contributed by atoms with Gasteiger partial charge in [-0.2, -0.15) is 0 Å². The van der Waals surface area contributed by atoms with Gasteiger partial charge in [0.25, 0.3) is 6.71 Å². The lowest BCUT2D eigenvalue weighted by Gasteiger charge is -2.44. The number of hydrogen-bond acceptors (Lipinski definition) is 6. The number of fused-ring (bicyclic) bond motifs is 14. The van der Waals surface area contributed by atoms with E-state index in [1.165, 1.54) is 95.6 Å². The zero-order valence-electron chi connectivity index (χ0n) is 30.5. The molecule has 5 heterocycles. The summed E-state index contributed by atoms with van der Waals surface area (Å²) in [5.41, 5.74) is 13.5. The van der Waals surface area contributed by atoms with Gasteiger partial charge in [0.15, 0.2) is 0 Å². The fraction of sp³-hybridized carbons (Fsp3) is 0. The van der Waals surface area contributed by atoms with Crippen molar-refractivity contribution in [2.75, 3.05) is 14.7 Å². The molecule has 7 heteroatoms. The largest absolute Gasteiger partial charge is 0.310 e. The highest BCUT2D eigenvalue weighted by Crippen LogP contribution is 2.53. The van der Waals surface area contributed by atoms with Crippen LogP contribution in [0.1, 0.15) is 0 Å². The Kier molecular flexibility index (Phi) is 6.79. The van der Waals surface area contributed by atoms with Gasteiger partial charge >= 0.3 is 0 Å². The topological polar surface area (TPSA) is 9.72 Å². The zero-order valence-corrected chi connectivity index (χ0v) is 32.9. The van der Waals surface area contributed by atoms with Crippen LogP contribution in [-0.4, -0.2) is 6.71 Å². The van der Waals surface area contributed by atoms with Crippen LogP contribution in [0.15, 0.2) is 192 Å². The summed E-state index contributed by atoms with van der Waals surface area (Å²) in [7, 11) is 0. The van der Waals surface area contributed by atoms with E-state index in [1.54, 1.807) is 0 Å². The van der Waals surface area contributed by atoms with Gasteiger partial charge in [0.2, 0.25) is 0 Å². The SMILES string of the molecule is c1ccc(N2c3ccc4c(c3)N(c3ccccc3Sc3ccccc32)c2cccc3c2B4c2sc4c(ccc5sc6ccccc6c54)c2N3c2ccccc2)cc1. The van der Waals surface area contributed by atoms with E-state index < -0.39 is 0 Å². The average molecular weight is 780 g/mol. The van der Waals surface area contributed by atoms with E-state index in [4.69, 9.17) is 0 Å². The summed E-state index contributed by atoms with van der Waals surface area (Å²) in [4.78, 5) is 9.97. The van der Waals surface area contributed by atoms with Gasteiger partial charge in [-0.15, -0.1) is 22.7 Å². The molecule has 0 radical (unpaired) electrons. The summed E-state index contributed by atoms with van der Waals surface area (Å²) in [6.45, 7) is 0.0454. The predicted molar refractivity (Wildman–Crippen MR) is 248 cm³/mol. The van der Waals surface area contributed by atoms with E-state index in [0.717, 1.165) is 11.4 Å². The molecule has 0 N–H and O–H groups in total. The lowest BCUT2D eigenvalue weighted by atomic mass is 9.36. The Hall–Kier alpha value is -6.25. The third-order valence-corrected chi connectivity index (χ3v) is 15.3. The molecule has 0 spiro atoms. The van der Waals surface area contributed by atoms with Crippen LogP contribution in [0.25, 0.3) is 30.3 Å². The van der Waals surface area contributed by atoms with Gasteiger partial charge in [0.1, 0.15) is 0 Å².